The van der Waals surface area contributed by atoms with E-state index in [0.29, 0.717) is 35.2 Å². The molecule has 1 aromatic carbocycles. The summed E-state index contributed by atoms with van der Waals surface area (Å²) in [6.07, 6.45) is 4.50. The number of carbonyl (C=O) groups is 1. The number of carbonyl (C=O) groups excluding carboxylic acids is 1. The number of halogens is 3. The Bertz CT molecular complexity index is 1210. The van der Waals surface area contributed by atoms with Crippen LogP contribution in [0.25, 0.3) is 5.57 Å². The molecule has 2 fully saturated rings. The Labute approximate surface area is 176 Å². The molecule has 10 heteroatoms. The fourth-order valence-electron chi connectivity index (χ4n) is 3.61. The molecule has 1 saturated carbocycles. The van der Waals surface area contributed by atoms with E-state index in [1.165, 1.54) is 12.1 Å². The highest BCUT2D eigenvalue weighted by atomic mass is 32.2. The topological polar surface area (TPSA) is 96.1 Å². The van der Waals surface area contributed by atoms with Gasteiger partial charge in [0, 0.05) is 29.3 Å². The largest absolute Gasteiger partial charge is 0.501 e. The van der Waals surface area contributed by atoms with E-state index in [1.807, 2.05) is 0 Å². The third kappa shape index (κ3) is 4.30. The molecule has 0 spiro atoms. The Morgan fingerprint density at radius 2 is 1.68 bits per heavy atom. The number of hydrogen-bond acceptors (Lipinski definition) is 4. The highest BCUT2D eigenvalue weighted by molar-refractivity contribution is 7.92. The summed E-state index contributed by atoms with van der Waals surface area (Å²) in [4.78, 5) is 26.0. The second kappa shape index (κ2) is 7.67. The zero-order valence-corrected chi connectivity index (χ0v) is 17.0. The highest BCUT2D eigenvalue weighted by Gasteiger charge is 2.46. The number of pyridine rings is 1. The first-order valence-electron chi connectivity index (χ1n) is 9.73. The van der Waals surface area contributed by atoms with E-state index in [9.17, 15) is 31.2 Å². The molecule has 164 valence electrons. The summed E-state index contributed by atoms with van der Waals surface area (Å²) in [5.41, 5.74) is -3.62. The van der Waals surface area contributed by atoms with Gasteiger partial charge in [-0.25, -0.2) is 8.42 Å². The minimum absolute atomic E-state index is 0.121. The Morgan fingerprint density at radius 3 is 2.19 bits per heavy atom. The number of benzene rings is 1. The van der Waals surface area contributed by atoms with Crippen LogP contribution in [0.5, 0.6) is 0 Å². The number of rotatable bonds is 5. The van der Waals surface area contributed by atoms with Crippen molar-refractivity contribution in [2.45, 2.75) is 48.0 Å². The van der Waals surface area contributed by atoms with Crippen LogP contribution in [0, 0.1) is 0 Å². The van der Waals surface area contributed by atoms with Crippen molar-refractivity contribution in [1.82, 2.24) is 10.3 Å². The lowest BCUT2D eigenvalue weighted by Crippen LogP contribution is -2.24. The van der Waals surface area contributed by atoms with Gasteiger partial charge in [-0.15, -0.1) is 0 Å². The average molecular weight is 452 g/mol. The number of hydrogen-bond donors (Lipinski definition) is 2. The lowest BCUT2D eigenvalue weighted by molar-refractivity contribution is -0.119. The van der Waals surface area contributed by atoms with E-state index in [0.717, 1.165) is 25.0 Å². The SMILES string of the molecule is O=C1CC[C@H](/C=C(\c2ccc(S(=O)(=O)C(F)(F)F)cc2)c2ccc(C3CC3)c(=O)[nH]2)N1. The molecule has 1 amide bonds. The van der Waals surface area contributed by atoms with Crippen LogP contribution in [-0.4, -0.2) is 30.9 Å². The molecule has 1 atom stereocenters. The van der Waals surface area contributed by atoms with Crippen LogP contribution < -0.4 is 10.9 Å². The van der Waals surface area contributed by atoms with Crippen molar-refractivity contribution < 1.29 is 26.4 Å². The van der Waals surface area contributed by atoms with Crippen LogP contribution in [0.15, 0.2) is 52.2 Å². The molecule has 0 unspecified atom stereocenters. The predicted octanol–water partition coefficient (Wildman–Crippen LogP) is 3.26. The van der Waals surface area contributed by atoms with Gasteiger partial charge in [-0.2, -0.15) is 13.2 Å². The van der Waals surface area contributed by atoms with Crippen molar-refractivity contribution in [2.75, 3.05) is 0 Å². The van der Waals surface area contributed by atoms with Crippen LogP contribution in [0.1, 0.15) is 48.4 Å². The lowest BCUT2D eigenvalue weighted by Gasteiger charge is -2.14. The molecule has 2 heterocycles. The summed E-state index contributed by atoms with van der Waals surface area (Å²) in [7, 11) is -5.46. The highest BCUT2D eigenvalue weighted by Crippen LogP contribution is 2.38. The fourth-order valence-corrected chi connectivity index (χ4v) is 4.37. The van der Waals surface area contributed by atoms with E-state index in [-0.39, 0.29) is 23.4 Å². The quantitative estimate of drug-likeness (QED) is 0.728. The Morgan fingerprint density at radius 1 is 1.00 bits per heavy atom. The molecule has 2 aliphatic rings. The molecule has 1 aliphatic heterocycles. The van der Waals surface area contributed by atoms with E-state index < -0.39 is 20.2 Å². The number of nitrogens with one attached hydrogen (secondary N) is 2. The summed E-state index contributed by atoms with van der Waals surface area (Å²) in [5, 5.41) is 2.78. The van der Waals surface area contributed by atoms with Gasteiger partial charge in [0.15, 0.2) is 0 Å². The van der Waals surface area contributed by atoms with Crippen LogP contribution in [0.4, 0.5) is 13.2 Å². The number of sulfone groups is 1. The number of H-pyrrole nitrogens is 1. The van der Waals surface area contributed by atoms with Gasteiger partial charge in [0.05, 0.1) is 4.90 Å². The maximum absolute atomic E-state index is 12.8. The van der Waals surface area contributed by atoms with Crippen LogP contribution >= 0.6 is 0 Å². The minimum atomic E-state index is -5.46. The monoisotopic (exact) mass is 452 g/mol. The number of amides is 1. The van der Waals surface area contributed by atoms with Gasteiger partial charge >= 0.3 is 5.51 Å². The zero-order chi connectivity index (χ0) is 22.4. The Kier molecular flexibility index (Phi) is 5.28. The first-order valence-corrected chi connectivity index (χ1v) is 11.2. The minimum Gasteiger partial charge on any atom is -0.350 e. The molecule has 0 radical (unpaired) electrons. The summed E-state index contributed by atoms with van der Waals surface area (Å²) < 4.78 is 61.7. The van der Waals surface area contributed by atoms with Gasteiger partial charge < -0.3 is 10.3 Å². The molecule has 2 N–H and O–H groups in total. The van der Waals surface area contributed by atoms with Crippen LogP contribution in [0.2, 0.25) is 0 Å². The maximum atomic E-state index is 12.8. The summed E-state index contributed by atoms with van der Waals surface area (Å²) in [6, 6.07) is 7.43. The second-order valence-electron chi connectivity index (χ2n) is 7.70. The van der Waals surface area contributed by atoms with E-state index in [1.54, 1.807) is 18.2 Å². The third-order valence-electron chi connectivity index (χ3n) is 5.42. The van der Waals surface area contributed by atoms with Gasteiger partial charge in [-0.05, 0) is 48.9 Å². The first-order chi connectivity index (χ1) is 14.6. The van der Waals surface area contributed by atoms with Gasteiger partial charge in [0.25, 0.3) is 15.4 Å². The molecule has 1 aromatic heterocycles. The van der Waals surface area contributed by atoms with Gasteiger partial charge in [0.2, 0.25) is 5.91 Å². The predicted molar refractivity (Wildman–Crippen MR) is 107 cm³/mol. The molecule has 1 saturated heterocycles. The number of alkyl halides is 3. The molecule has 4 rings (SSSR count). The molecular formula is C21H19F3N2O4S. The average Bonchev–Trinajstić information content (AvgIpc) is 3.46. The third-order valence-corrected chi connectivity index (χ3v) is 6.93. The lowest BCUT2D eigenvalue weighted by atomic mass is 9.98. The Balaban J connectivity index is 1.75. The zero-order valence-electron chi connectivity index (χ0n) is 16.2. The van der Waals surface area contributed by atoms with E-state index >= 15 is 0 Å². The summed E-state index contributed by atoms with van der Waals surface area (Å²) in [5.74, 6) is 0.121. The molecule has 31 heavy (non-hydrogen) atoms. The van der Waals surface area contributed by atoms with Crippen LogP contribution in [-0.2, 0) is 14.6 Å². The van der Waals surface area contributed by atoms with Crippen molar-refractivity contribution in [3.05, 3.63) is 69.6 Å². The maximum Gasteiger partial charge on any atom is 0.501 e. The molecule has 1 aliphatic carbocycles. The van der Waals surface area contributed by atoms with Crippen molar-refractivity contribution in [3.63, 3.8) is 0 Å². The van der Waals surface area contributed by atoms with Gasteiger partial charge in [-0.1, -0.05) is 24.3 Å². The molecule has 2 aromatic rings. The van der Waals surface area contributed by atoms with E-state index in [2.05, 4.69) is 10.3 Å². The smallest absolute Gasteiger partial charge is 0.350 e. The number of aromatic nitrogens is 1. The van der Waals surface area contributed by atoms with Crippen LogP contribution in [0.3, 0.4) is 0 Å². The van der Waals surface area contributed by atoms with Crippen molar-refractivity contribution in [3.8, 4) is 0 Å². The van der Waals surface area contributed by atoms with Crippen molar-refractivity contribution in [1.29, 1.82) is 0 Å². The standard InChI is InChI=1S/C21H19F3N2O4S/c22-21(23,24)31(29,30)15-6-3-13(4-7-15)17(11-14-5-10-19(27)25-14)18-9-8-16(12-1-2-12)20(28)26-18/h3-4,6-9,11-12,14H,1-2,5,10H2,(H,25,27)(H,26,28)/b17-11+/t14-/m1/s1. The second-order valence-corrected chi connectivity index (χ2v) is 9.64. The molecule has 6 nitrogen and oxygen atoms in total. The van der Waals surface area contributed by atoms with Crippen molar-refractivity contribution in [2.24, 2.45) is 0 Å². The first kappa shape index (κ1) is 21.4. The van der Waals surface area contributed by atoms with E-state index in [4.69, 9.17) is 0 Å². The summed E-state index contributed by atoms with van der Waals surface area (Å²) in [6.45, 7) is 0. The molecule has 0 bridgehead atoms. The van der Waals surface area contributed by atoms with Crippen molar-refractivity contribution >= 4 is 21.3 Å². The number of aromatic amines is 1. The normalized spacial score (nSPS) is 20.0. The summed E-state index contributed by atoms with van der Waals surface area (Å²) >= 11 is 0. The fraction of sp³-hybridized carbons (Fsp3) is 0.333. The van der Waals surface area contributed by atoms with Gasteiger partial charge in [-0.3, -0.25) is 9.59 Å². The Hall–Kier alpha value is -2.88. The van der Waals surface area contributed by atoms with Gasteiger partial charge in [0.1, 0.15) is 0 Å². The molecular weight excluding hydrogens is 433 g/mol.